The summed E-state index contributed by atoms with van der Waals surface area (Å²) in [5.74, 6) is 0.719. The van der Waals surface area contributed by atoms with E-state index in [9.17, 15) is 9.59 Å². The Bertz CT molecular complexity index is 1450. The molecule has 0 atom stereocenters. The third kappa shape index (κ3) is 4.26. The minimum absolute atomic E-state index is 0.404. The van der Waals surface area contributed by atoms with E-state index in [2.05, 4.69) is 46.0 Å². The molecule has 0 bridgehead atoms. The molecule has 34 heavy (non-hydrogen) atoms. The summed E-state index contributed by atoms with van der Waals surface area (Å²) >= 11 is 6.01. The first kappa shape index (κ1) is 22.4. The van der Waals surface area contributed by atoms with Crippen LogP contribution in [-0.2, 0) is 20.1 Å². The number of aryl methyl sites for hydroxylation is 2. The van der Waals surface area contributed by atoms with Crippen LogP contribution in [0.25, 0.3) is 11.2 Å². The highest BCUT2D eigenvalue weighted by molar-refractivity contribution is 6.30. The lowest BCUT2D eigenvalue weighted by atomic mass is 10.1. The summed E-state index contributed by atoms with van der Waals surface area (Å²) in [7, 11) is 1.64. The van der Waals surface area contributed by atoms with E-state index in [0.29, 0.717) is 17.7 Å². The summed E-state index contributed by atoms with van der Waals surface area (Å²) in [6.45, 7) is 6.71. The van der Waals surface area contributed by atoms with Crippen LogP contribution >= 0.6 is 11.6 Å². The number of benzene rings is 2. The number of fused-ring (bicyclic) bond motifs is 1. The number of hydrogen-bond donors (Lipinski definition) is 1. The van der Waals surface area contributed by atoms with E-state index >= 15 is 0 Å². The fraction of sp³-hybridized carbons (Fsp3) is 0.320. The van der Waals surface area contributed by atoms with Gasteiger partial charge in [0.05, 0.1) is 6.54 Å². The molecule has 1 aliphatic rings. The summed E-state index contributed by atoms with van der Waals surface area (Å²) in [5.41, 5.74) is 3.43. The maximum atomic E-state index is 12.9. The number of nitrogens with one attached hydrogen (secondary N) is 1. The molecule has 2 aromatic carbocycles. The molecule has 1 aliphatic heterocycles. The minimum atomic E-state index is -0.461. The highest BCUT2D eigenvalue weighted by Gasteiger charge is 2.25. The van der Waals surface area contributed by atoms with Crippen LogP contribution in [0.2, 0.25) is 5.02 Å². The van der Waals surface area contributed by atoms with Crippen LogP contribution in [0.15, 0.2) is 58.1 Å². The Kier molecular flexibility index (Phi) is 6.02. The Labute approximate surface area is 202 Å². The fourth-order valence-corrected chi connectivity index (χ4v) is 4.65. The Hall–Kier alpha value is -3.36. The standard InChI is InChI=1S/C25H27ClN6O2/c1-17-5-3-4-6-19(17)16-32-21-22(29(2)25(34)28-23(21)33)27-24(32)31-13-11-30(12-14-31)15-18-7-9-20(26)10-8-18/h3-10H,11-16H2,1-2H3,(H,28,33,34). The lowest BCUT2D eigenvalue weighted by molar-refractivity contribution is 0.248. The first-order valence-corrected chi connectivity index (χ1v) is 11.7. The maximum Gasteiger partial charge on any atom is 0.329 e. The number of aromatic nitrogens is 4. The number of piperazine rings is 1. The molecule has 3 heterocycles. The molecule has 0 spiro atoms. The van der Waals surface area contributed by atoms with Crippen molar-refractivity contribution in [2.45, 2.75) is 20.0 Å². The second kappa shape index (κ2) is 9.12. The Balaban J connectivity index is 1.47. The van der Waals surface area contributed by atoms with Crippen molar-refractivity contribution in [2.75, 3.05) is 31.1 Å². The predicted molar refractivity (Wildman–Crippen MR) is 135 cm³/mol. The Morgan fingerprint density at radius 3 is 2.38 bits per heavy atom. The van der Waals surface area contributed by atoms with E-state index in [0.717, 1.165) is 54.8 Å². The first-order chi connectivity index (χ1) is 16.4. The molecule has 9 heteroatoms. The van der Waals surface area contributed by atoms with E-state index < -0.39 is 11.2 Å². The molecule has 0 saturated carbocycles. The van der Waals surface area contributed by atoms with E-state index in [1.165, 1.54) is 10.1 Å². The number of halogens is 1. The number of H-pyrrole nitrogens is 1. The third-order valence-electron chi connectivity index (χ3n) is 6.55. The number of rotatable bonds is 5. The second-order valence-electron chi connectivity index (χ2n) is 8.80. The van der Waals surface area contributed by atoms with E-state index in [1.54, 1.807) is 7.05 Å². The largest absolute Gasteiger partial charge is 0.340 e. The molecule has 176 valence electrons. The van der Waals surface area contributed by atoms with Gasteiger partial charge >= 0.3 is 5.69 Å². The van der Waals surface area contributed by atoms with Gasteiger partial charge in [-0.05, 0) is 35.7 Å². The molecular weight excluding hydrogens is 452 g/mol. The summed E-state index contributed by atoms with van der Waals surface area (Å²) in [6.07, 6.45) is 0. The lowest BCUT2D eigenvalue weighted by Gasteiger charge is -2.35. The molecule has 0 amide bonds. The van der Waals surface area contributed by atoms with Gasteiger partial charge in [0.1, 0.15) is 0 Å². The normalized spacial score (nSPS) is 14.7. The topological polar surface area (TPSA) is 79.2 Å². The average molecular weight is 479 g/mol. The number of hydrogen-bond acceptors (Lipinski definition) is 5. The summed E-state index contributed by atoms with van der Waals surface area (Å²) in [6, 6.07) is 16.1. The molecule has 0 aliphatic carbocycles. The number of imidazole rings is 1. The molecule has 0 radical (unpaired) electrons. The van der Waals surface area contributed by atoms with Crippen molar-refractivity contribution in [3.63, 3.8) is 0 Å². The maximum absolute atomic E-state index is 12.9. The van der Waals surface area contributed by atoms with E-state index in [4.69, 9.17) is 16.6 Å². The van der Waals surface area contributed by atoms with Gasteiger partial charge in [0, 0.05) is 44.8 Å². The lowest BCUT2D eigenvalue weighted by Crippen LogP contribution is -2.47. The van der Waals surface area contributed by atoms with Crippen LogP contribution in [-0.4, -0.2) is 50.2 Å². The van der Waals surface area contributed by atoms with Crippen LogP contribution in [0.3, 0.4) is 0 Å². The molecule has 1 N–H and O–H groups in total. The van der Waals surface area contributed by atoms with Crippen molar-refractivity contribution >= 4 is 28.7 Å². The quantitative estimate of drug-likeness (QED) is 0.477. The van der Waals surface area contributed by atoms with Crippen molar-refractivity contribution in [3.8, 4) is 0 Å². The highest BCUT2D eigenvalue weighted by atomic mass is 35.5. The van der Waals surface area contributed by atoms with Crippen LogP contribution in [0, 0.1) is 6.92 Å². The molecule has 4 aromatic rings. The molecule has 1 saturated heterocycles. The predicted octanol–water partition coefficient (Wildman–Crippen LogP) is 2.76. The van der Waals surface area contributed by atoms with Crippen LogP contribution in [0.1, 0.15) is 16.7 Å². The van der Waals surface area contributed by atoms with E-state index in [-0.39, 0.29) is 0 Å². The van der Waals surface area contributed by atoms with Gasteiger partial charge in [-0.25, -0.2) is 4.79 Å². The zero-order valence-electron chi connectivity index (χ0n) is 19.3. The van der Waals surface area contributed by atoms with Gasteiger partial charge in [-0.2, -0.15) is 4.98 Å². The van der Waals surface area contributed by atoms with Crippen molar-refractivity contribution < 1.29 is 0 Å². The van der Waals surface area contributed by atoms with Gasteiger partial charge in [-0.15, -0.1) is 0 Å². The molecule has 1 fully saturated rings. The number of nitrogens with zero attached hydrogens (tertiary/aromatic N) is 5. The number of aromatic amines is 1. The highest BCUT2D eigenvalue weighted by Crippen LogP contribution is 2.24. The monoisotopic (exact) mass is 478 g/mol. The smallest absolute Gasteiger partial charge is 0.329 e. The molecule has 8 nitrogen and oxygen atoms in total. The van der Waals surface area contributed by atoms with Crippen LogP contribution in [0.4, 0.5) is 5.95 Å². The first-order valence-electron chi connectivity index (χ1n) is 11.4. The molecule has 5 rings (SSSR count). The summed E-state index contributed by atoms with van der Waals surface area (Å²) in [5, 5.41) is 0.741. The van der Waals surface area contributed by atoms with Crippen LogP contribution in [0.5, 0.6) is 0 Å². The van der Waals surface area contributed by atoms with Crippen molar-refractivity contribution in [1.29, 1.82) is 0 Å². The average Bonchev–Trinajstić information content (AvgIpc) is 3.21. The zero-order valence-corrected chi connectivity index (χ0v) is 20.0. The van der Waals surface area contributed by atoms with Gasteiger partial charge < -0.3 is 4.90 Å². The van der Waals surface area contributed by atoms with E-state index in [1.807, 2.05) is 28.8 Å². The van der Waals surface area contributed by atoms with Crippen molar-refractivity contribution in [2.24, 2.45) is 7.05 Å². The second-order valence-corrected chi connectivity index (χ2v) is 9.24. The van der Waals surface area contributed by atoms with Crippen molar-refractivity contribution in [1.82, 2.24) is 24.0 Å². The van der Waals surface area contributed by atoms with Crippen molar-refractivity contribution in [3.05, 3.63) is 91.1 Å². The van der Waals surface area contributed by atoms with Gasteiger partial charge in [-0.3, -0.25) is 23.8 Å². The summed E-state index contributed by atoms with van der Waals surface area (Å²) in [4.78, 5) is 36.9. The van der Waals surface area contributed by atoms with Gasteiger partial charge in [-0.1, -0.05) is 48.0 Å². The Morgan fingerprint density at radius 2 is 1.68 bits per heavy atom. The zero-order chi connectivity index (χ0) is 23.8. The molecule has 2 aromatic heterocycles. The fourth-order valence-electron chi connectivity index (χ4n) is 4.53. The Morgan fingerprint density at radius 1 is 0.971 bits per heavy atom. The number of anilines is 1. The SMILES string of the molecule is Cc1ccccc1Cn1c(N2CCN(Cc3ccc(Cl)cc3)CC2)nc2c1c(=O)[nH]c(=O)n2C. The minimum Gasteiger partial charge on any atom is -0.340 e. The van der Waals surface area contributed by atoms with Gasteiger partial charge in [0.2, 0.25) is 5.95 Å². The van der Waals surface area contributed by atoms with Gasteiger partial charge in [0.15, 0.2) is 11.2 Å². The molecule has 0 unspecified atom stereocenters. The molecular formula is C25H27ClN6O2. The summed E-state index contributed by atoms with van der Waals surface area (Å²) < 4.78 is 3.36. The third-order valence-corrected chi connectivity index (χ3v) is 6.80. The van der Waals surface area contributed by atoms with Crippen LogP contribution < -0.4 is 16.1 Å². The van der Waals surface area contributed by atoms with Gasteiger partial charge in [0.25, 0.3) is 5.56 Å².